The lowest BCUT2D eigenvalue weighted by molar-refractivity contribution is -0.131. The number of carbonyl (C=O) groups is 1. The number of carboxylic acid groups (broad SMARTS) is 1. The van der Waals surface area contributed by atoms with E-state index in [1.165, 1.54) is 27.0 Å². The monoisotopic (exact) mass is 461 g/mol. The Morgan fingerprint density at radius 1 is 1.33 bits per heavy atom. The Hall–Kier alpha value is -3.20. The number of benzene rings is 2. The van der Waals surface area contributed by atoms with E-state index in [0.717, 1.165) is 29.2 Å². The number of aliphatic carboxylic acids is 1. The molecule has 0 saturated heterocycles. The van der Waals surface area contributed by atoms with Gasteiger partial charge in [-0.25, -0.2) is 22.4 Å². The molecule has 2 aromatic carbocycles. The molecule has 0 saturated carbocycles. The van der Waals surface area contributed by atoms with Gasteiger partial charge in [-0.05, 0) is 61.7 Å². The van der Waals surface area contributed by atoms with E-state index in [9.17, 15) is 9.18 Å². The number of rotatable bonds is 5. The highest BCUT2D eigenvalue weighted by Crippen LogP contribution is 2.47. The molecule has 2 heterocycles. The molecule has 0 bridgehead atoms. The van der Waals surface area contributed by atoms with Crippen molar-refractivity contribution in [2.45, 2.75) is 44.7 Å². The van der Waals surface area contributed by atoms with Crippen LogP contribution >= 0.6 is 0 Å². The predicted octanol–water partition coefficient (Wildman–Crippen LogP) is 5.10. The molecule has 4 rings (SSSR count). The fourth-order valence-corrected chi connectivity index (χ4v) is 4.73. The van der Waals surface area contributed by atoms with E-state index in [-0.39, 0.29) is 12.0 Å². The van der Waals surface area contributed by atoms with Gasteiger partial charge in [-0.2, -0.15) is 5.10 Å². The van der Waals surface area contributed by atoms with Gasteiger partial charge in [0.05, 0.1) is 17.3 Å². The van der Waals surface area contributed by atoms with Crippen molar-refractivity contribution >= 4 is 22.9 Å². The van der Waals surface area contributed by atoms with Crippen LogP contribution in [-0.4, -0.2) is 44.7 Å². The van der Waals surface area contributed by atoms with E-state index in [1.54, 1.807) is 12.1 Å². The van der Waals surface area contributed by atoms with E-state index in [2.05, 4.69) is 10.2 Å². The van der Waals surface area contributed by atoms with Crippen LogP contribution in [0.4, 0.5) is 17.6 Å². The van der Waals surface area contributed by atoms with Gasteiger partial charge < -0.3 is 5.11 Å². The molecule has 0 radical (unpaired) electrons. The summed E-state index contributed by atoms with van der Waals surface area (Å²) in [4.78, 5) is 11.9. The third-order valence-electron chi connectivity index (χ3n) is 6.06. The number of halogens is 4. The summed E-state index contributed by atoms with van der Waals surface area (Å²) in [5.74, 6) is -3.25. The van der Waals surface area contributed by atoms with Gasteiger partial charge >= 0.3 is 5.97 Å². The molecule has 0 fully saturated rings. The predicted molar refractivity (Wildman–Crippen MR) is 116 cm³/mol. The Bertz CT molecular complexity index is 1240. The normalized spacial score (nSPS) is 21.6. The first kappa shape index (κ1) is 23.0. The minimum absolute atomic E-state index is 0.00441. The molecule has 2 atom stereocenters. The molecule has 0 amide bonds. The lowest BCUT2D eigenvalue weighted by Gasteiger charge is -2.49. The molecule has 0 spiro atoms. The summed E-state index contributed by atoms with van der Waals surface area (Å²) in [5, 5.41) is 16.2. The van der Waals surface area contributed by atoms with Gasteiger partial charge in [0, 0.05) is 30.0 Å². The Balaban J connectivity index is 1.99. The van der Waals surface area contributed by atoms with Gasteiger partial charge in [-0.1, -0.05) is 6.07 Å². The molecular formula is C24H23F4N3O2. The molecule has 0 aliphatic carbocycles. The fourth-order valence-electron chi connectivity index (χ4n) is 4.73. The molecule has 3 aromatic rings. The van der Waals surface area contributed by atoms with Crippen molar-refractivity contribution in [3.63, 3.8) is 0 Å². The van der Waals surface area contributed by atoms with Crippen molar-refractivity contribution in [2.24, 2.45) is 0 Å². The summed E-state index contributed by atoms with van der Waals surface area (Å²) in [6.07, 6.45) is 1.54. The standard InChI is InChI=1S/C24H23F4N3O2/c1-23(2,28)12-31-20(27)10-14-15-11-29-30-19(15)6-5-16(14)24(31,3)22-17(25)8-13(9-18(22)26)4-7-21(32)33/h4-9,11,20H,10,12H2,1-3H3,(H,29,30)(H,32,33)/b7-4+/t20-,24-/m0/s1. The smallest absolute Gasteiger partial charge is 0.328 e. The molecule has 0 unspecified atom stereocenters. The summed E-state index contributed by atoms with van der Waals surface area (Å²) < 4.78 is 61.3. The lowest BCUT2D eigenvalue weighted by atomic mass is 9.74. The van der Waals surface area contributed by atoms with Crippen molar-refractivity contribution in [1.29, 1.82) is 0 Å². The van der Waals surface area contributed by atoms with Crippen molar-refractivity contribution in [1.82, 2.24) is 15.1 Å². The Morgan fingerprint density at radius 3 is 2.61 bits per heavy atom. The number of aromatic nitrogens is 2. The van der Waals surface area contributed by atoms with Crippen LogP contribution in [-0.2, 0) is 16.8 Å². The molecule has 9 heteroatoms. The summed E-state index contributed by atoms with van der Waals surface area (Å²) in [7, 11) is 0. The van der Waals surface area contributed by atoms with Crippen LogP contribution in [0.25, 0.3) is 17.0 Å². The minimum Gasteiger partial charge on any atom is -0.478 e. The Morgan fingerprint density at radius 2 is 2.00 bits per heavy atom. The van der Waals surface area contributed by atoms with Crippen molar-refractivity contribution < 1.29 is 27.5 Å². The van der Waals surface area contributed by atoms with Crippen LogP contribution in [0.5, 0.6) is 0 Å². The fraction of sp³-hybridized carbons (Fsp3) is 0.333. The maximum absolute atomic E-state index is 15.6. The third kappa shape index (κ3) is 4.01. The first-order chi connectivity index (χ1) is 15.4. The van der Waals surface area contributed by atoms with Crippen molar-refractivity contribution in [2.75, 3.05) is 6.54 Å². The highest BCUT2D eigenvalue weighted by atomic mass is 19.2. The summed E-state index contributed by atoms with van der Waals surface area (Å²) in [6.45, 7) is 3.62. The molecule has 1 aromatic heterocycles. The molecule has 2 N–H and O–H groups in total. The van der Waals surface area contributed by atoms with E-state index in [4.69, 9.17) is 5.11 Å². The third-order valence-corrected chi connectivity index (χ3v) is 6.06. The second kappa shape index (κ2) is 7.98. The van der Waals surface area contributed by atoms with Gasteiger partial charge in [-0.15, -0.1) is 0 Å². The minimum atomic E-state index is -1.85. The molecule has 1 aliphatic heterocycles. The average Bonchev–Trinajstić information content (AvgIpc) is 3.18. The lowest BCUT2D eigenvalue weighted by Crippen LogP contribution is -2.57. The largest absolute Gasteiger partial charge is 0.478 e. The molecular weight excluding hydrogens is 438 g/mol. The highest BCUT2D eigenvalue weighted by molar-refractivity contribution is 5.85. The average molecular weight is 461 g/mol. The van der Waals surface area contributed by atoms with E-state index < -0.39 is 47.2 Å². The zero-order valence-electron chi connectivity index (χ0n) is 18.3. The number of alkyl halides is 2. The molecule has 33 heavy (non-hydrogen) atoms. The Kier molecular flexibility index (Phi) is 5.56. The van der Waals surface area contributed by atoms with Crippen molar-refractivity contribution in [3.05, 3.63) is 70.4 Å². The van der Waals surface area contributed by atoms with Crippen LogP contribution < -0.4 is 0 Å². The quantitative estimate of drug-likeness (QED) is 0.315. The first-order valence-corrected chi connectivity index (χ1v) is 10.4. The van der Waals surface area contributed by atoms with Crippen molar-refractivity contribution in [3.8, 4) is 0 Å². The summed E-state index contributed by atoms with van der Waals surface area (Å²) in [6, 6.07) is 5.31. The second-order valence-corrected chi connectivity index (χ2v) is 9.01. The number of fused-ring (bicyclic) bond motifs is 3. The van der Waals surface area contributed by atoms with Crippen LogP contribution in [0.15, 0.2) is 36.5 Å². The zero-order valence-corrected chi connectivity index (χ0v) is 18.3. The zero-order chi connectivity index (χ0) is 24.1. The molecule has 5 nitrogen and oxygen atoms in total. The van der Waals surface area contributed by atoms with Gasteiger partial charge in [0.2, 0.25) is 0 Å². The first-order valence-electron chi connectivity index (χ1n) is 10.4. The topological polar surface area (TPSA) is 69.2 Å². The SMILES string of the molecule is CC(C)(F)CN1[C@H](F)Cc2c(ccc3[nH]ncc23)[C@@]1(C)c1c(F)cc(/C=C/C(=O)O)cc1F. The second-order valence-electron chi connectivity index (χ2n) is 9.01. The van der Waals surface area contributed by atoms with Gasteiger partial charge in [0.1, 0.15) is 17.3 Å². The number of aromatic amines is 1. The highest BCUT2D eigenvalue weighted by Gasteiger charge is 2.50. The number of hydrogen-bond acceptors (Lipinski definition) is 3. The van der Waals surface area contributed by atoms with Gasteiger partial charge in [0.25, 0.3) is 0 Å². The number of H-pyrrole nitrogens is 1. The maximum Gasteiger partial charge on any atom is 0.328 e. The van der Waals surface area contributed by atoms with E-state index in [1.807, 2.05) is 0 Å². The Labute approximate surface area is 187 Å². The molecule has 1 aliphatic rings. The molecule has 174 valence electrons. The maximum atomic E-state index is 15.6. The number of carboxylic acids is 1. The van der Waals surface area contributed by atoms with E-state index >= 15 is 13.2 Å². The van der Waals surface area contributed by atoms with Crippen LogP contribution in [0.1, 0.15) is 43.0 Å². The number of hydrogen-bond donors (Lipinski definition) is 2. The van der Waals surface area contributed by atoms with Gasteiger partial charge in [-0.3, -0.25) is 10.00 Å². The van der Waals surface area contributed by atoms with E-state index in [0.29, 0.717) is 22.0 Å². The number of nitrogens with zero attached hydrogens (tertiary/aromatic N) is 2. The van der Waals surface area contributed by atoms with Crippen LogP contribution in [0.2, 0.25) is 0 Å². The van der Waals surface area contributed by atoms with Crippen LogP contribution in [0.3, 0.4) is 0 Å². The summed E-state index contributed by atoms with van der Waals surface area (Å²) in [5.41, 5.74) is -2.34. The van der Waals surface area contributed by atoms with Gasteiger partial charge in [0.15, 0.2) is 6.30 Å². The number of nitrogens with one attached hydrogen (secondary N) is 1. The van der Waals surface area contributed by atoms with Crippen LogP contribution in [0, 0.1) is 11.6 Å². The summed E-state index contributed by atoms with van der Waals surface area (Å²) >= 11 is 0.